The van der Waals surface area contributed by atoms with Crippen molar-refractivity contribution in [2.75, 3.05) is 12.4 Å². The number of guanidine groups is 1. The van der Waals surface area contributed by atoms with Crippen LogP contribution in [0.4, 0.5) is 14.5 Å². The van der Waals surface area contributed by atoms with Gasteiger partial charge in [0, 0.05) is 18.3 Å². The van der Waals surface area contributed by atoms with E-state index in [1.54, 1.807) is 48.5 Å². The summed E-state index contributed by atoms with van der Waals surface area (Å²) < 4.78 is 29.5. The van der Waals surface area contributed by atoms with E-state index in [0.29, 0.717) is 22.4 Å². The van der Waals surface area contributed by atoms with Crippen LogP contribution in [-0.2, 0) is 10.3 Å². The van der Waals surface area contributed by atoms with E-state index in [-0.39, 0.29) is 17.6 Å². The number of carbonyl (C=O) groups excluding carboxylic acids is 2. The largest absolute Gasteiger partial charge is 0.435 e. The highest BCUT2D eigenvalue weighted by Crippen LogP contribution is 2.40. The summed E-state index contributed by atoms with van der Waals surface area (Å²) in [5, 5.41) is 2.81. The summed E-state index contributed by atoms with van der Waals surface area (Å²) in [6, 6.07) is 21.0. The molecule has 1 unspecified atom stereocenters. The quantitative estimate of drug-likeness (QED) is 0.600. The Morgan fingerprint density at radius 2 is 1.73 bits per heavy atom. The summed E-state index contributed by atoms with van der Waals surface area (Å²) in [7, 11) is 1.50. The molecule has 3 aromatic carbocycles. The van der Waals surface area contributed by atoms with Crippen molar-refractivity contribution < 1.29 is 23.1 Å². The highest BCUT2D eigenvalue weighted by molar-refractivity contribution is 6.09. The fourth-order valence-electron chi connectivity index (χ4n) is 3.68. The molecule has 1 aliphatic rings. The zero-order valence-electron chi connectivity index (χ0n) is 17.5. The molecule has 0 saturated carbocycles. The summed E-state index contributed by atoms with van der Waals surface area (Å²) in [6.07, 6.45) is 0. The van der Waals surface area contributed by atoms with E-state index in [0.717, 1.165) is 0 Å². The molecule has 168 valence electrons. The third-order valence-electron chi connectivity index (χ3n) is 5.31. The number of likely N-dealkylation sites (N-methyl/N-ethyl adjacent to an activating group) is 1. The van der Waals surface area contributed by atoms with Crippen LogP contribution < -0.4 is 15.8 Å². The summed E-state index contributed by atoms with van der Waals surface area (Å²) in [5.41, 5.74) is 6.22. The van der Waals surface area contributed by atoms with Crippen LogP contribution in [0.5, 0.6) is 5.75 Å². The number of carbonyl (C=O) groups is 2. The normalized spacial score (nSPS) is 17.8. The molecule has 3 aromatic rings. The minimum Gasteiger partial charge on any atom is -0.435 e. The molecule has 2 amide bonds. The number of hydrogen-bond donors (Lipinski definition) is 2. The van der Waals surface area contributed by atoms with Crippen molar-refractivity contribution in [3.8, 4) is 5.75 Å². The van der Waals surface area contributed by atoms with Crippen LogP contribution in [0.25, 0.3) is 0 Å². The maximum Gasteiger partial charge on any atom is 0.387 e. The lowest BCUT2D eigenvalue weighted by Crippen LogP contribution is -2.41. The number of nitrogens with one attached hydrogen (secondary N) is 1. The average molecular weight is 450 g/mol. The number of benzene rings is 3. The Hall–Kier alpha value is -4.27. The highest BCUT2D eigenvalue weighted by Gasteiger charge is 2.49. The van der Waals surface area contributed by atoms with Crippen LogP contribution in [0.1, 0.15) is 21.5 Å². The molecule has 1 heterocycles. The minimum absolute atomic E-state index is 0.00614. The number of anilines is 1. The molecule has 7 nitrogen and oxygen atoms in total. The first-order chi connectivity index (χ1) is 15.8. The number of aliphatic imine (C=N–C) groups is 1. The number of ether oxygens (including phenoxy) is 1. The van der Waals surface area contributed by atoms with E-state index in [9.17, 15) is 18.4 Å². The summed E-state index contributed by atoms with van der Waals surface area (Å²) in [6.45, 7) is -2.97. The van der Waals surface area contributed by atoms with E-state index in [2.05, 4.69) is 15.0 Å². The van der Waals surface area contributed by atoms with Crippen molar-refractivity contribution in [2.24, 2.45) is 10.7 Å². The van der Waals surface area contributed by atoms with Crippen molar-refractivity contribution in [3.63, 3.8) is 0 Å². The van der Waals surface area contributed by atoms with Gasteiger partial charge in [0.15, 0.2) is 11.5 Å². The van der Waals surface area contributed by atoms with Gasteiger partial charge in [-0.15, -0.1) is 0 Å². The van der Waals surface area contributed by atoms with E-state index < -0.39 is 18.1 Å². The van der Waals surface area contributed by atoms with Gasteiger partial charge >= 0.3 is 6.61 Å². The number of halogens is 2. The van der Waals surface area contributed by atoms with Gasteiger partial charge in [0.05, 0.1) is 0 Å². The van der Waals surface area contributed by atoms with Gasteiger partial charge in [-0.3, -0.25) is 14.5 Å². The minimum atomic E-state index is -2.97. The third kappa shape index (κ3) is 4.12. The van der Waals surface area contributed by atoms with Crippen molar-refractivity contribution in [3.05, 3.63) is 95.6 Å². The molecule has 0 saturated heterocycles. The number of nitrogens with two attached hydrogens (primary N) is 1. The first-order valence-electron chi connectivity index (χ1n) is 9.97. The van der Waals surface area contributed by atoms with E-state index in [1.165, 1.54) is 36.2 Å². The molecular formula is C24H20F2N4O3. The molecule has 4 rings (SSSR count). The van der Waals surface area contributed by atoms with E-state index >= 15 is 0 Å². The Labute approximate surface area is 188 Å². The maximum absolute atomic E-state index is 13.3. The van der Waals surface area contributed by atoms with Crippen LogP contribution in [-0.4, -0.2) is 36.3 Å². The van der Waals surface area contributed by atoms with Gasteiger partial charge < -0.3 is 15.8 Å². The molecular weight excluding hydrogens is 430 g/mol. The standard InChI is InChI=1S/C24H20F2N4O3/c1-30-21(32)24(29-23(30)27,16-10-12-19(13-11-16)33-22(25)26)17-8-5-9-18(14-17)28-20(31)15-6-3-2-4-7-15/h2-14,22H,1H3,(H2,27,29)(H,28,31). The lowest BCUT2D eigenvalue weighted by molar-refractivity contribution is -0.129. The number of alkyl halides is 2. The monoisotopic (exact) mass is 450 g/mol. The Bertz CT molecular complexity index is 1220. The zero-order chi connectivity index (χ0) is 23.6. The molecule has 0 radical (unpaired) electrons. The van der Waals surface area contributed by atoms with Gasteiger partial charge in [-0.2, -0.15) is 8.78 Å². The lowest BCUT2D eigenvalue weighted by Gasteiger charge is -2.26. The fourth-order valence-corrected chi connectivity index (χ4v) is 3.68. The Kier molecular flexibility index (Phi) is 5.78. The molecule has 9 heteroatoms. The Morgan fingerprint density at radius 1 is 1.03 bits per heavy atom. The number of nitrogens with zero attached hydrogens (tertiary/aromatic N) is 2. The van der Waals surface area contributed by atoms with Crippen LogP contribution in [0, 0.1) is 0 Å². The third-order valence-corrected chi connectivity index (χ3v) is 5.31. The second-order valence-corrected chi connectivity index (χ2v) is 7.35. The molecule has 33 heavy (non-hydrogen) atoms. The van der Waals surface area contributed by atoms with Crippen molar-refractivity contribution in [1.82, 2.24) is 4.90 Å². The van der Waals surface area contributed by atoms with Gasteiger partial charge in [0.2, 0.25) is 0 Å². The first kappa shape index (κ1) is 21.9. The average Bonchev–Trinajstić information content (AvgIpc) is 3.05. The second kappa shape index (κ2) is 8.70. The van der Waals surface area contributed by atoms with E-state index in [1.807, 2.05) is 6.07 Å². The van der Waals surface area contributed by atoms with Crippen LogP contribution >= 0.6 is 0 Å². The molecule has 0 fully saturated rings. The predicted molar refractivity (Wildman–Crippen MR) is 119 cm³/mol. The number of hydrogen-bond acceptors (Lipinski definition) is 5. The molecule has 0 bridgehead atoms. The first-order valence-corrected chi connectivity index (χ1v) is 9.97. The van der Waals surface area contributed by atoms with Crippen molar-refractivity contribution in [2.45, 2.75) is 12.2 Å². The molecule has 0 aromatic heterocycles. The van der Waals surface area contributed by atoms with Crippen LogP contribution in [0.2, 0.25) is 0 Å². The topological polar surface area (TPSA) is 97.0 Å². The number of rotatable bonds is 6. The van der Waals surface area contributed by atoms with E-state index in [4.69, 9.17) is 5.73 Å². The fraction of sp³-hybridized carbons (Fsp3) is 0.125. The second-order valence-electron chi connectivity index (χ2n) is 7.35. The highest BCUT2D eigenvalue weighted by atomic mass is 19.3. The smallest absolute Gasteiger partial charge is 0.387 e. The molecule has 1 aliphatic heterocycles. The van der Waals surface area contributed by atoms with Gasteiger partial charge in [-0.25, -0.2) is 4.99 Å². The molecule has 0 aliphatic carbocycles. The summed E-state index contributed by atoms with van der Waals surface area (Å²) in [5.74, 6) is -0.780. The van der Waals surface area contributed by atoms with Crippen LogP contribution in [0.15, 0.2) is 83.9 Å². The molecule has 3 N–H and O–H groups in total. The van der Waals surface area contributed by atoms with Crippen LogP contribution in [0.3, 0.4) is 0 Å². The SMILES string of the molecule is CN1C(=O)C(c2ccc(OC(F)F)cc2)(c2cccc(NC(=O)c3ccccc3)c2)N=C1N. The molecule has 1 atom stereocenters. The Balaban J connectivity index is 1.74. The van der Waals surface area contributed by atoms with Gasteiger partial charge in [0.1, 0.15) is 5.75 Å². The summed E-state index contributed by atoms with van der Waals surface area (Å²) in [4.78, 5) is 31.6. The maximum atomic E-state index is 13.3. The zero-order valence-corrected chi connectivity index (χ0v) is 17.5. The van der Waals surface area contributed by atoms with Gasteiger partial charge in [-0.1, -0.05) is 42.5 Å². The van der Waals surface area contributed by atoms with Crippen molar-refractivity contribution >= 4 is 23.5 Å². The van der Waals surface area contributed by atoms with Gasteiger partial charge in [-0.05, 0) is 47.5 Å². The number of amides is 2. The van der Waals surface area contributed by atoms with Gasteiger partial charge in [0.25, 0.3) is 11.8 Å². The molecule has 0 spiro atoms. The summed E-state index contributed by atoms with van der Waals surface area (Å²) >= 11 is 0. The Morgan fingerprint density at radius 3 is 2.33 bits per heavy atom. The predicted octanol–water partition coefficient (Wildman–Crippen LogP) is 3.57. The lowest BCUT2D eigenvalue weighted by atomic mass is 9.82. The van der Waals surface area contributed by atoms with Crippen molar-refractivity contribution in [1.29, 1.82) is 0 Å².